The summed E-state index contributed by atoms with van der Waals surface area (Å²) in [6.45, 7) is 1.60. The fourth-order valence-electron chi connectivity index (χ4n) is 8.17. The Labute approximate surface area is 384 Å². The third-order valence-electron chi connectivity index (χ3n) is 12.3. The first-order chi connectivity index (χ1) is 31.3. The van der Waals surface area contributed by atoms with Gasteiger partial charge in [-0.2, -0.15) is 0 Å². The van der Waals surface area contributed by atoms with Crippen molar-refractivity contribution >= 4 is 5.91 Å². The summed E-state index contributed by atoms with van der Waals surface area (Å²) in [5, 5.41) is 119. The Hall–Kier alpha value is -1.73. The van der Waals surface area contributed by atoms with Crippen molar-refractivity contribution in [2.24, 2.45) is 0 Å². The zero-order valence-electron chi connectivity index (χ0n) is 38.5. The molecule has 3 rings (SSSR count). The summed E-state index contributed by atoms with van der Waals surface area (Å²) in [5.41, 5.74) is 0. The number of carbonyl (C=O) groups excluding carboxylic acids is 1. The zero-order chi connectivity index (χ0) is 47.7. The van der Waals surface area contributed by atoms with Crippen molar-refractivity contribution in [1.29, 1.82) is 0 Å². The second-order valence-electron chi connectivity index (χ2n) is 17.6. The van der Waals surface area contributed by atoms with Gasteiger partial charge in [0.05, 0.1) is 38.6 Å². The highest BCUT2D eigenvalue weighted by Crippen LogP contribution is 2.33. The first-order valence-electron chi connectivity index (χ1n) is 24.1. The van der Waals surface area contributed by atoms with Gasteiger partial charge >= 0.3 is 0 Å². The Morgan fingerprint density at radius 1 is 0.554 bits per heavy atom. The average Bonchev–Trinajstić information content (AvgIpc) is 3.30. The minimum Gasteiger partial charge on any atom is -0.394 e. The number of allylic oxidation sites excluding steroid dienone is 4. The molecule has 0 aromatic carbocycles. The van der Waals surface area contributed by atoms with E-state index in [0.29, 0.717) is 12.8 Å². The molecular weight excluding hydrogens is 854 g/mol. The van der Waals surface area contributed by atoms with E-state index >= 15 is 0 Å². The van der Waals surface area contributed by atoms with Crippen LogP contribution in [0, 0.1) is 0 Å². The van der Waals surface area contributed by atoms with Crippen molar-refractivity contribution in [2.45, 2.75) is 234 Å². The van der Waals surface area contributed by atoms with Crippen LogP contribution in [-0.2, 0) is 33.2 Å². The van der Waals surface area contributed by atoms with Gasteiger partial charge in [-0.15, -0.1) is 0 Å². The van der Waals surface area contributed by atoms with Gasteiger partial charge in [-0.25, -0.2) is 0 Å². The molecule has 0 aromatic heterocycles. The largest absolute Gasteiger partial charge is 0.394 e. The number of ether oxygens (including phenoxy) is 6. The topological polar surface area (TPSA) is 307 Å². The van der Waals surface area contributed by atoms with Gasteiger partial charge in [0.25, 0.3) is 0 Å². The first-order valence-corrected chi connectivity index (χ1v) is 24.1. The molecule has 380 valence electrons. The number of carbonyl (C=O) groups is 1. The molecule has 0 radical (unpaired) electrons. The lowest BCUT2D eigenvalue weighted by atomic mass is 9.96. The third kappa shape index (κ3) is 18.9. The fourth-order valence-corrected chi connectivity index (χ4v) is 8.17. The number of amides is 1. The maximum atomic E-state index is 13.1. The predicted molar refractivity (Wildman–Crippen MR) is 236 cm³/mol. The number of rotatable bonds is 32. The molecule has 12 N–H and O–H groups in total. The Morgan fingerprint density at radius 3 is 1.63 bits per heavy atom. The van der Waals surface area contributed by atoms with E-state index in [-0.39, 0.29) is 18.9 Å². The molecule has 0 spiro atoms. The van der Waals surface area contributed by atoms with Gasteiger partial charge in [-0.05, 0) is 38.5 Å². The van der Waals surface area contributed by atoms with Crippen molar-refractivity contribution in [1.82, 2.24) is 5.32 Å². The molecule has 19 heteroatoms. The summed E-state index contributed by atoms with van der Waals surface area (Å²) < 4.78 is 34.0. The van der Waals surface area contributed by atoms with Crippen LogP contribution in [0.1, 0.15) is 129 Å². The van der Waals surface area contributed by atoms with E-state index in [2.05, 4.69) is 43.5 Å². The van der Waals surface area contributed by atoms with Crippen LogP contribution in [0.15, 0.2) is 24.3 Å². The molecule has 17 atom stereocenters. The first kappa shape index (κ1) is 57.6. The van der Waals surface area contributed by atoms with E-state index in [9.17, 15) is 61.0 Å². The number of nitrogens with one attached hydrogen (secondary N) is 1. The fraction of sp³-hybridized carbons (Fsp3) is 0.891. The van der Waals surface area contributed by atoms with Gasteiger partial charge in [-0.1, -0.05) is 109 Å². The van der Waals surface area contributed by atoms with Crippen LogP contribution < -0.4 is 5.32 Å². The van der Waals surface area contributed by atoms with Crippen LogP contribution in [0.3, 0.4) is 0 Å². The molecule has 0 saturated carbocycles. The van der Waals surface area contributed by atoms with E-state index in [0.717, 1.165) is 89.9 Å². The average molecular weight is 938 g/mol. The minimum absolute atomic E-state index is 0.249. The van der Waals surface area contributed by atoms with Crippen LogP contribution >= 0.6 is 0 Å². The Bertz CT molecular complexity index is 1310. The normalized spacial score (nSPS) is 34.3. The summed E-state index contributed by atoms with van der Waals surface area (Å²) in [5.74, 6) is -0.265. The zero-order valence-corrected chi connectivity index (χ0v) is 38.5. The molecule has 0 aliphatic carbocycles. The maximum Gasteiger partial charge on any atom is 0.220 e. The van der Waals surface area contributed by atoms with Crippen LogP contribution in [0.4, 0.5) is 0 Å². The number of aliphatic hydroxyl groups excluding tert-OH is 11. The van der Waals surface area contributed by atoms with Gasteiger partial charge in [0.2, 0.25) is 5.91 Å². The quantitative estimate of drug-likeness (QED) is 0.0322. The van der Waals surface area contributed by atoms with Crippen molar-refractivity contribution in [3.05, 3.63) is 24.3 Å². The molecule has 17 unspecified atom stereocenters. The maximum absolute atomic E-state index is 13.1. The summed E-state index contributed by atoms with van der Waals surface area (Å²) in [4.78, 5) is 13.1. The van der Waals surface area contributed by atoms with Crippen molar-refractivity contribution in [3.63, 3.8) is 0 Å². The molecule has 19 nitrogen and oxygen atoms in total. The van der Waals surface area contributed by atoms with E-state index in [4.69, 9.17) is 28.4 Å². The number of aliphatic hydroxyl groups is 11. The lowest BCUT2D eigenvalue weighted by molar-refractivity contribution is -0.379. The standard InChI is InChI=1S/C46H83NO18/c1-3-5-7-9-11-12-13-14-15-16-18-20-22-24-34(52)47-29(30(51)23-21-19-17-10-8-6-4-2)28-60-44-40(58)37(55)42(32(26-49)62-44)65-46-41(59)38(56)43(33(27-50)63-46)64-45-39(57)36(54)35(53)31(25-48)61-45/h7,9,12-13,29-33,35-46,48-51,53-59H,3-6,8,10-11,14-28H2,1-2H3,(H,47,52)/b9-7-,13-12-. The van der Waals surface area contributed by atoms with Gasteiger partial charge in [0, 0.05) is 6.42 Å². The molecule has 1 amide bonds. The Balaban J connectivity index is 1.56. The summed E-state index contributed by atoms with van der Waals surface area (Å²) >= 11 is 0. The number of hydrogen-bond acceptors (Lipinski definition) is 18. The molecule has 3 aliphatic heterocycles. The van der Waals surface area contributed by atoms with Gasteiger partial charge in [-0.3, -0.25) is 4.79 Å². The molecule has 0 aromatic rings. The predicted octanol–water partition coefficient (Wildman–Crippen LogP) is 0.471. The van der Waals surface area contributed by atoms with Crippen molar-refractivity contribution in [3.8, 4) is 0 Å². The van der Waals surface area contributed by atoms with Crippen LogP contribution in [-0.4, -0.2) is 193 Å². The summed E-state index contributed by atoms with van der Waals surface area (Å²) in [7, 11) is 0. The third-order valence-corrected chi connectivity index (χ3v) is 12.3. The van der Waals surface area contributed by atoms with Crippen LogP contribution in [0.25, 0.3) is 0 Å². The van der Waals surface area contributed by atoms with Crippen LogP contribution in [0.2, 0.25) is 0 Å². The van der Waals surface area contributed by atoms with E-state index in [1.165, 1.54) is 6.42 Å². The monoisotopic (exact) mass is 938 g/mol. The van der Waals surface area contributed by atoms with Crippen molar-refractivity contribution < 1.29 is 89.4 Å². The molecular formula is C46H83NO18. The van der Waals surface area contributed by atoms with E-state index in [1.54, 1.807) is 0 Å². The second-order valence-corrected chi connectivity index (χ2v) is 17.6. The highest BCUT2D eigenvalue weighted by molar-refractivity contribution is 5.76. The molecule has 65 heavy (non-hydrogen) atoms. The Kier molecular flexibility index (Phi) is 28.5. The highest BCUT2D eigenvalue weighted by atomic mass is 16.8. The number of unbranched alkanes of at least 4 members (excludes halogenated alkanes) is 12. The second kappa shape index (κ2) is 32.2. The summed E-state index contributed by atoms with van der Waals surface area (Å²) in [6.07, 6.45) is -0.969. The molecule has 3 fully saturated rings. The molecule has 3 saturated heterocycles. The smallest absolute Gasteiger partial charge is 0.220 e. The van der Waals surface area contributed by atoms with Gasteiger partial charge in [0.1, 0.15) is 73.2 Å². The SMILES string of the molecule is CCC/C=C\C/C=C\CCCCCCCC(=O)NC(COC1OC(CO)C(OC2OC(CO)C(OC3OC(CO)C(O)C(O)C3O)C(O)C2O)C(O)C1O)C(O)CCCCCCCCC. The summed E-state index contributed by atoms with van der Waals surface area (Å²) in [6, 6.07) is -0.887. The van der Waals surface area contributed by atoms with E-state index in [1.807, 2.05) is 0 Å². The van der Waals surface area contributed by atoms with Gasteiger partial charge in [0.15, 0.2) is 18.9 Å². The van der Waals surface area contributed by atoms with Gasteiger partial charge < -0.3 is 89.9 Å². The molecule has 3 aliphatic rings. The lowest BCUT2D eigenvalue weighted by Gasteiger charge is -2.48. The Morgan fingerprint density at radius 2 is 1.05 bits per heavy atom. The van der Waals surface area contributed by atoms with E-state index < -0.39 is 124 Å². The minimum atomic E-state index is -1.97. The number of hydrogen-bond donors (Lipinski definition) is 12. The highest BCUT2D eigenvalue weighted by Gasteiger charge is 2.53. The van der Waals surface area contributed by atoms with Crippen molar-refractivity contribution in [2.75, 3.05) is 26.4 Å². The lowest BCUT2D eigenvalue weighted by Crippen LogP contribution is -2.66. The van der Waals surface area contributed by atoms with Crippen LogP contribution in [0.5, 0.6) is 0 Å². The molecule has 3 heterocycles. The molecule has 0 bridgehead atoms.